The van der Waals surface area contributed by atoms with Gasteiger partial charge in [-0.15, -0.1) is 5.10 Å². The van der Waals surface area contributed by atoms with E-state index in [9.17, 15) is 14.0 Å². The molecule has 0 aliphatic rings. The minimum Gasteiger partial charge on any atom is -0.381 e. The number of fused-ring (bicyclic) bond motifs is 2. The van der Waals surface area contributed by atoms with Gasteiger partial charge in [-0.3, -0.25) is 14.2 Å². The summed E-state index contributed by atoms with van der Waals surface area (Å²) in [6, 6.07) is 16.1. The molecule has 0 aliphatic heterocycles. The minimum atomic E-state index is -0.629. The standard InChI is InChI=1S/C24H19FN6O2/c1-14(28-23(32)20-21(26)29-30-12-6-11-27-22(20)30)18-13-15-7-5-10-17(25)19(15)24(33)31(18)16-8-3-2-4-9-16/h2-14H,1H3,(H2,26,29)(H,28,32). The number of pyridine rings is 1. The highest BCUT2D eigenvalue weighted by molar-refractivity contribution is 6.04. The van der Waals surface area contributed by atoms with Gasteiger partial charge in [0.1, 0.15) is 11.4 Å². The van der Waals surface area contributed by atoms with Crippen molar-refractivity contribution in [2.24, 2.45) is 0 Å². The summed E-state index contributed by atoms with van der Waals surface area (Å²) < 4.78 is 17.4. The van der Waals surface area contributed by atoms with Gasteiger partial charge in [-0.05, 0) is 42.6 Å². The fourth-order valence-corrected chi connectivity index (χ4v) is 3.97. The van der Waals surface area contributed by atoms with Crippen LogP contribution in [-0.4, -0.2) is 25.1 Å². The SMILES string of the molecule is CC(NC(=O)c1c(N)nn2cccnc12)c1cc2cccc(F)c2c(=O)n1-c1ccccc1. The molecular formula is C24H19FN6O2. The lowest BCUT2D eigenvalue weighted by atomic mass is 10.1. The molecule has 1 atom stereocenters. The first-order valence-corrected chi connectivity index (χ1v) is 10.2. The Labute approximate surface area is 187 Å². The second kappa shape index (κ2) is 7.86. The molecule has 164 valence electrons. The van der Waals surface area contributed by atoms with Gasteiger partial charge in [0.25, 0.3) is 11.5 Å². The van der Waals surface area contributed by atoms with Crippen LogP contribution >= 0.6 is 0 Å². The van der Waals surface area contributed by atoms with Gasteiger partial charge in [0.15, 0.2) is 11.5 Å². The predicted molar refractivity (Wildman–Crippen MR) is 123 cm³/mol. The van der Waals surface area contributed by atoms with Crippen LogP contribution in [0.3, 0.4) is 0 Å². The van der Waals surface area contributed by atoms with Crippen LogP contribution in [0, 0.1) is 5.82 Å². The number of rotatable bonds is 4. The number of nitrogens with one attached hydrogen (secondary N) is 1. The number of para-hydroxylation sites is 1. The average Bonchev–Trinajstić information content (AvgIpc) is 3.15. The Bertz CT molecular complexity index is 1580. The van der Waals surface area contributed by atoms with Crippen LogP contribution in [0.4, 0.5) is 10.2 Å². The van der Waals surface area contributed by atoms with Crippen LogP contribution in [0.5, 0.6) is 0 Å². The van der Waals surface area contributed by atoms with Crippen molar-refractivity contribution in [1.82, 2.24) is 24.5 Å². The van der Waals surface area contributed by atoms with Gasteiger partial charge < -0.3 is 11.1 Å². The van der Waals surface area contributed by atoms with E-state index in [2.05, 4.69) is 15.4 Å². The molecule has 0 aliphatic carbocycles. The van der Waals surface area contributed by atoms with E-state index in [-0.39, 0.29) is 16.8 Å². The largest absolute Gasteiger partial charge is 0.381 e. The molecule has 5 rings (SSSR count). The lowest BCUT2D eigenvalue weighted by molar-refractivity contribution is 0.0941. The molecule has 8 nitrogen and oxygen atoms in total. The van der Waals surface area contributed by atoms with E-state index in [0.29, 0.717) is 22.4 Å². The first-order valence-electron chi connectivity index (χ1n) is 10.2. The summed E-state index contributed by atoms with van der Waals surface area (Å²) in [6.07, 6.45) is 3.19. The van der Waals surface area contributed by atoms with Gasteiger partial charge in [-0.2, -0.15) is 0 Å². The average molecular weight is 442 g/mol. The molecule has 2 aromatic carbocycles. The summed E-state index contributed by atoms with van der Waals surface area (Å²) in [6.45, 7) is 1.74. The Morgan fingerprint density at radius 3 is 2.70 bits per heavy atom. The van der Waals surface area contributed by atoms with Gasteiger partial charge >= 0.3 is 0 Å². The van der Waals surface area contributed by atoms with Crippen molar-refractivity contribution >= 4 is 28.1 Å². The molecule has 1 amide bonds. The number of amides is 1. The van der Waals surface area contributed by atoms with Gasteiger partial charge in [-0.1, -0.05) is 30.3 Å². The quantitative estimate of drug-likeness (QED) is 0.444. The maximum Gasteiger partial charge on any atom is 0.266 e. The number of nitrogens with zero attached hydrogens (tertiary/aromatic N) is 4. The first-order chi connectivity index (χ1) is 16.0. The smallest absolute Gasteiger partial charge is 0.266 e. The number of nitrogens with two attached hydrogens (primary N) is 1. The highest BCUT2D eigenvalue weighted by Crippen LogP contribution is 2.24. The Morgan fingerprint density at radius 1 is 1.12 bits per heavy atom. The number of nitrogen functional groups attached to an aromatic ring is 1. The molecule has 5 aromatic rings. The van der Waals surface area contributed by atoms with Crippen molar-refractivity contribution in [3.05, 3.63) is 100 Å². The van der Waals surface area contributed by atoms with Crippen LogP contribution < -0.4 is 16.6 Å². The predicted octanol–water partition coefficient (Wildman–Crippen LogP) is 3.25. The molecule has 33 heavy (non-hydrogen) atoms. The molecule has 0 bridgehead atoms. The summed E-state index contributed by atoms with van der Waals surface area (Å²) in [5, 5.41) is 7.43. The molecule has 9 heteroatoms. The van der Waals surface area contributed by atoms with Crippen LogP contribution in [0.25, 0.3) is 22.1 Å². The summed E-state index contributed by atoms with van der Waals surface area (Å²) in [5.74, 6) is -1.05. The third kappa shape index (κ3) is 3.39. The lowest BCUT2D eigenvalue weighted by Crippen LogP contribution is -2.32. The second-order valence-electron chi connectivity index (χ2n) is 7.59. The maximum atomic E-state index is 14.6. The Kier molecular flexibility index (Phi) is 4.86. The van der Waals surface area contributed by atoms with E-state index in [1.807, 2.05) is 6.07 Å². The van der Waals surface area contributed by atoms with Crippen LogP contribution in [-0.2, 0) is 0 Å². The lowest BCUT2D eigenvalue weighted by Gasteiger charge is -2.21. The van der Waals surface area contributed by atoms with Gasteiger partial charge in [0, 0.05) is 23.8 Å². The molecule has 0 fully saturated rings. The topological polar surface area (TPSA) is 107 Å². The Morgan fingerprint density at radius 2 is 1.91 bits per heavy atom. The molecule has 0 saturated heterocycles. The number of aromatic nitrogens is 4. The highest BCUT2D eigenvalue weighted by Gasteiger charge is 2.24. The second-order valence-corrected chi connectivity index (χ2v) is 7.59. The zero-order chi connectivity index (χ0) is 23.1. The fourth-order valence-electron chi connectivity index (χ4n) is 3.97. The van der Waals surface area contributed by atoms with E-state index in [4.69, 9.17) is 5.73 Å². The number of anilines is 1. The zero-order valence-electron chi connectivity index (χ0n) is 17.6. The summed E-state index contributed by atoms with van der Waals surface area (Å²) >= 11 is 0. The molecule has 3 heterocycles. The maximum absolute atomic E-state index is 14.6. The highest BCUT2D eigenvalue weighted by atomic mass is 19.1. The normalized spacial score (nSPS) is 12.2. The number of carbonyl (C=O) groups excluding carboxylic acids is 1. The molecule has 0 radical (unpaired) electrons. The number of hydrogen-bond acceptors (Lipinski definition) is 5. The zero-order valence-corrected chi connectivity index (χ0v) is 17.6. The van der Waals surface area contributed by atoms with Crippen LogP contribution in [0.2, 0.25) is 0 Å². The minimum absolute atomic E-state index is 0.0142. The van der Waals surface area contributed by atoms with Crippen LogP contribution in [0.15, 0.2) is 77.9 Å². The van der Waals surface area contributed by atoms with Gasteiger partial charge in [0.05, 0.1) is 11.4 Å². The molecular weight excluding hydrogens is 423 g/mol. The van der Waals surface area contributed by atoms with Crippen LogP contribution in [0.1, 0.15) is 29.0 Å². The van der Waals surface area contributed by atoms with Gasteiger partial charge in [-0.25, -0.2) is 13.9 Å². The number of benzene rings is 2. The number of carbonyl (C=O) groups is 1. The number of halogens is 1. The molecule has 1 unspecified atom stereocenters. The van der Waals surface area contributed by atoms with E-state index < -0.39 is 23.3 Å². The molecule has 0 spiro atoms. The van der Waals surface area contributed by atoms with Gasteiger partial charge in [0.2, 0.25) is 0 Å². The van der Waals surface area contributed by atoms with E-state index in [1.165, 1.54) is 15.1 Å². The summed E-state index contributed by atoms with van der Waals surface area (Å²) in [4.78, 5) is 30.7. The third-order valence-electron chi connectivity index (χ3n) is 5.48. The summed E-state index contributed by atoms with van der Waals surface area (Å²) in [7, 11) is 0. The monoisotopic (exact) mass is 442 g/mol. The third-order valence-corrected chi connectivity index (χ3v) is 5.48. The Balaban J connectivity index is 1.64. The van der Waals surface area contributed by atoms with Crippen molar-refractivity contribution < 1.29 is 9.18 Å². The van der Waals surface area contributed by atoms with Crippen molar-refractivity contribution in [3.63, 3.8) is 0 Å². The van der Waals surface area contributed by atoms with Crippen molar-refractivity contribution in [2.75, 3.05) is 5.73 Å². The summed E-state index contributed by atoms with van der Waals surface area (Å²) in [5.41, 5.74) is 6.97. The molecule has 0 saturated carbocycles. The first kappa shape index (κ1) is 20.4. The van der Waals surface area contributed by atoms with Crippen molar-refractivity contribution in [1.29, 1.82) is 0 Å². The van der Waals surface area contributed by atoms with Crippen molar-refractivity contribution in [2.45, 2.75) is 13.0 Å². The van der Waals surface area contributed by atoms with Crippen molar-refractivity contribution in [3.8, 4) is 5.69 Å². The van der Waals surface area contributed by atoms with E-state index in [0.717, 1.165) is 0 Å². The van der Waals surface area contributed by atoms with E-state index in [1.54, 1.807) is 67.8 Å². The Hall–Kier alpha value is -4.53. The number of hydrogen-bond donors (Lipinski definition) is 2. The van der Waals surface area contributed by atoms with E-state index >= 15 is 0 Å². The molecule has 3 N–H and O–H groups in total. The fraction of sp³-hybridized carbons (Fsp3) is 0.0833. The molecule has 3 aromatic heterocycles.